The molecule has 1 fully saturated rings. The van der Waals surface area contributed by atoms with E-state index in [9.17, 15) is 9.59 Å². The van der Waals surface area contributed by atoms with Gasteiger partial charge in [0, 0.05) is 12.1 Å². The maximum absolute atomic E-state index is 12.5. The molecule has 1 atom stereocenters. The fourth-order valence-electron chi connectivity index (χ4n) is 3.16. The predicted molar refractivity (Wildman–Crippen MR) is 85.6 cm³/mol. The van der Waals surface area contributed by atoms with E-state index in [1.807, 2.05) is 25.7 Å². The highest BCUT2D eigenvalue weighted by Crippen LogP contribution is 2.28. The molecule has 1 amide bonds. The third kappa shape index (κ3) is 5.50. The molecular formula is C17H31NO4. The highest BCUT2D eigenvalue weighted by Gasteiger charge is 2.35. The van der Waals surface area contributed by atoms with E-state index in [0.717, 1.165) is 25.7 Å². The topological polar surface area (TPSA) is 55.8 Å². The SMILES string of the molecule is CCOC(=O)CC(C(C)C)N(C(=O)OCC)C1CCCCC1. The zero-order chi connectivity index (χ0) is 16.5. The number of amides is 1. The van der Waals surface area contributed by atoms with Gasteiger partial charge >= 0.3 is 12.1 Å². The smallest absolute Gasteiger partial charge is 0.410 e. The molecule has 0 radical (unpaired) electrons. The van der Waals surface area contributed by atoms with Crippen LogP contribution in [0.1, 0.15) is 66.2 Å². The van der Waals surface area contributed by atoms with E-state index in [0.29, 0.717) is 13.2 Å². The lowest BCUT2D eigenvalue weighted by atomic mass is 9.90. The highest BCUT2D eigenvalue weighted by molar-refractivity contribution is 5.73. The summed E-state index contributed by atoms with van der Waals surface area (Å²) in [6.07, 6.45) is 5.40. The lowest BCUT2D eigenvalue weighted by Crippen LogP contribution is -2.51. The van der Waals surface area contributed by atoms with Crippen molar-refractivity contribution >= 4 is 12.1 Å². The van der Waals surface area contributed by atoms with Crippen LogP contribution in [0.2, 0.25) is 0 Å². The Morgan fingerprint density at radius 2 is 1.64 bits per heavy atom. The van der Waals surface area contributed by atoms with Crippen LogP contribution in [0.4, 0.5) is 4.79 Å². The van der Waals surface area contributed by atoms with Gasteiger partial charge in [-0.2, -0.15) is 0 Å². The second-order valence-corrected chi connectivity index (χ2v) is 6.22. The summed E-state index contributed by atoms with van der Waals surface area (Å²) in [6.45, 7) is 8.41. The van der Waals surface area contributed by atoms with Gasteiger partial charge in [0.05, 0.1) is 19.6 Å². The maximum Gasteiger partial charge on any atom is 0.410 e. The third-order valence-electron chi connectivity index (χ3n) is 4.25. The Kier molecular flexibility index (Phi) is 8.28. The van der Waals surface area contributed by atoms with E-state index in [4.69, 9.17) is 9.47 Å². The minimum atomic E-state index is -0.294. The summed E-state index contributed by atoms with van der Waals surface area (Å²) in [5, 5.41) is 0. The van der Waals surface area contributed by atoms with Gasteiger partial charge in [-0.3, -0.25) is 4.79 Å². The number of esters is 1. The minimum absolute atomic E-state index is 0.166. The number of rotatable bonds is 7. The maximum atomic E-state index is 12.5. The number of hydrogen-bond acceptors (Lipinski definition) is 4. The van der Waals surface area contributed by atoms with Crippen LogP contribution in [0, 0.1) is 5.92 Å². The molecule has 5 heteroatoms. The fraction of sp³-hybridized carbons (Fsp3) is 0.882. The Morgan fingerprint density at radius 3 is 2.14 bits per heavy atom. The van der Waals surface area contributed by atoms with Crippen molar-refractivity contribution in [1.29, 1.82) is 0 Å². The molecule has 1 saturated carbocycles. The summed E-state index contributed by atoms with van der Waals surface area (Å²) >= 11 is 0. The molecule has 22 heavy (non-hydrogen) atoms. The predicted octanol–water partition coefficient (Wildman–Crippen LogP) is 3.76. The summed E-state index contributed by atoms with van der Waals surface area (Å²) in [5.41, 5.74) is 0. The zero-order valence-electron chi connectivity index (χ0n) is 14.5. The average molecular weight is 313 g/mol. The van der Waals surface area contributed by atoms with Crippen molar-refractivity contribution in [1.82, 2.24) is 4.90 Å². The van der Waals surface area contributed by atoms with Crippen molar-refractivity contribution in [2.75, 3.05) is 13.2 Å². The minimum Gasteiger partial charge on any atom is -0.466 e. The summed E-state index contributed by atoms with van der Waals surface area (Å²) in [7, 11) is 0. The number of carbonyl (C=O) groups is 2. The lowest BCUT2D eigenvalue weighted by Gasteiger charge is -2.40. The van der Waals surface area contributed by atoms with E-state index in [1.54, 1.807) is 6.92 Å². The van der Waals surface area contributed by atoms with Crippen molar-refractivity contribution < 1.29 is 19.1 Å². The molecule has 0 aromatic heterocycles. The molecule has 0 aromatic carbocycles. The van der Waals surface area contributed by atoms with E-state index < -0.39 is 0 Å². The largest absolute Gasteiger partial charge is 0.466 e. The van der Waals surface area contributed by atoms with Gasteiger partial charge in [0.25, 0.3) is 0 Å². The molecule has 128 valence electrons. The number of nitrogens with zero attached hydrogens (tertiary/aromatic N) is 1. The van der Waals surface area contributed by atoms with E-state index in [2.05, 4.69) is 0 Å². The van der Waals surface area contributed by atoms with E-state index in [-0.39, 0.29) is 36.5 Å². The summed E-state index contributed by atoms with van der Waals surface area (Å²) < 4.78 is 10.3. The summed E-state index contributed by atoms with van der Waals surface area (Å²) in [5.74, 6) is -0.0675. The number of ether oxygens (including phenoxy) is 2. The first-order valence-electron chi connectivity index (χ1n) is 8.61. The van der Waals surface area contributed by atoms with Gasteiger partial charge in [-0.15, -0.1) is 0 Å². The normalized spacial score (nSPS) is 17.1. The van der Waals surface area contributed by atoms with Gasteiger partial charge in [0.2, 0.25) is 0 Å². The van der Waals surface area contributed by atoms with Crippen LogP contribution in [0.5, 0.6) is 0 Å². The Labute approximate surface area is 134 Å². The highest BCUT2D eigenvalue weighted by atomic mass is 16.6. The van der Waals surface area contributed by atoms with Gasteiger partial charge in [-0.25, -0.2) is 4.79 Å². The summed E-state index contributed by atoms with van der Waals surface area (Å²) in [4.78, 5) is 26.2. The first kappa shape index (κ1) is 18.8. The number of hydrogen-bond donors (Lipinski definition) is 0. The van der Waals surface area contributed by atoms with E-state index in [1.165, 1.54) is 6.42 Å². The third-order valence-corrected chi connectivity index (χ3v) is 4.25. The summed E-state index contributed by atoms with van der Waals surface area (Å²) in [6, 6.07) is 0.0100. The second kappa shape index (κ2) is 9.70. The first-order chi connectivity index (χ1) is 10.5. The van der Waals surface area contributed by atoms with Gasteiger partial charge in [-0.1, -0.05) is 33.1 Å². The Hall–Kier alpha value is -1.26. The van der Waals surface area contributed by atoms with Gasteiger partial charge < -0.3 is 14.4 Å². The standard InChI is InChI=1S/C17H31NO4/c1-5-21-16(19)12-15(13(3)4)18(17(20)22-6-2)14-10-8-7-9-11-14/h13-15H,5-12H2,1-4H3. The van der Waals surface area contributed by atoms with Crippen LogP contribution >= 0.6 is 0 Å². The van der Waals surface area contributed by atoms with Gasteiger partial charge in [0.15, 0.2) is 0 Å². The Balaban J connectivity index is 2.91. The van der Waals surface area contributed by atoms with Crippen LogP contribution in [0.25, 0.3) is 0 Å². The van der Waals surface area contributed by atoms with Crippen LogP contribution in [-0.4, -0.2) is 42.3 Å². The van der Waals surface area contributed by atoms with Crippen molar-refractivity contribution in [2.45, 2.75) is 78.3 Å². The lowest BCUT2D eigenvalue weighted by molar-refractivity contribution is -0.145. The molecule has 0 N–H and O–H groups in total. The van der Waals surface area contributed by atoms with Crippen molar-refractivity contribution in [2.24, 2.45) is 5.92 Å². The van der Waals surface area contributed by atoms with Crippen LogP contribution in [0.15, 0.2) is 0 Å². The number of carbonyl (C=O) groups excluding carboxylic acids is 2. The van der Waals surface area contributed by atoms with Gasteiger partial charge in [-0.05, 0) is 32.6 Å². The molecule has 1 unspecified atom stereocenters. The van der Waals surface area contributed by atoms with Crippen molar-refractivity contribution in [3.8, 4) is 0 Å². The van der Waals surface area contributed by atoms with Crippen molar-refractivity contribution in [3.63, 3.8) is 0 Å². The molecule has 0 bridgehead atoms. The van der Waals surface area contributed by atoms with E-state index >= 15 is 0 Å². The molecule has 0 spiro atoms. The Morgan fingerprint density at radius 1 is 1.05 bits per heavy atom. The molecular weight excluding hydrogens is 282 g/mol. The van der Waals surface area contributed by atoms with Crippen LogP contribution < -0.4 is 0 Å². The average Bonchev–Trinajstić information content (AvgIpc) is 2.48. The second-order valence-electron chi connectivity index (χ2n) is 6.22. The fourth-order valence-corrected chi connectivity index (χ4v) is 3.16. The molecule has 5 nitrogen and oxygen atoms in total. The van der Waals surface area contributed by atoms with Gasteiger partial charge in [0.1, 0.15) is 0 Å². The molecule has 0 saturated heterocycles. The molecule has 0 aromatic rings. The quantitative estimate of drug-likeness (QED) is 0.672. The van der Waals surface area contributed by atoms with Crippen molar-refractivity contribution in [3.05, 3.63) is 0 Å². The molecule has 1 aliphatic carbocycles. The van der Waals surface area contributed by atoms with Crippen LogP contribution in [0.3, 0.4) is 0 Å². The first-order valence-corrected chi connectivity index (χ1v) is 8.61. The Bertz CT molecular complexity index is 351. The molecule has 0 heterocycles. The molecule has 1 rings (SSSR count). The monoisotopic (exact) mass is 313 g/mol. The molecule has 1 aliphatic rings. The van der Waals surface area contributed by atoms with Crippen LogP contribution in [-0.2, 0) is 14.3 Å². The molecule has 0 aliphatic heterocycles. The zero-order valence-corrected chi connectivity index (χ0v) is 14.5.